The van der Waals surface area contributed by atoms with Gasteiger partial charge in [0.05, 0.1) is 11.2 Å². The van der Waals surface area contributed by atoms with Crippen LogP contribution in [0.5, 0.6) is 0 Å². The molecule has 9 heteroatoms. The Kier molecular flexibility index (Phi) is 7.30. The molecule has 0 fully saturated rings. The average molecular weight is 542 g/mol. The number of ether oxygens (including phenoxy) is 2. The largest absolute Gasteiger partial charge is 0.480 e. The van der Waals surface area contributed by atoms with E-state index >= 15 is 0 Å². The molecule has 1 aromatic heterocycles. The summed E-state index contributed by atoms with van der Waals surface area (Å²) < 4.78 is 12.5. The van der Waals surface area contributed by atoms with E-state index in [1.165, 1.54) is 4.68 Å². The minimum Gasteiger partial charge on any atom is -0.480 e. The molecule has 1 aliphatic carbocycles. The first-order chi connectivity index (χ1) is 19.1. The molecule has 0 saturated heterocycles. The van der Waals surface area contributed by atoms with Crippen LogP contribution in [0.4, 0.5) is 4.79 Å². The number of carboxylic acids is 1. The molecule has 0 radical (unpaired) electrons. The van der Waals surface area contributed by atoms with Crippen molar-refractivity contribution in [2.45, 2.75) is 51.3 Å². The zero-order valence-corrected chi connectivity index (χ0v) is 22.6. The number of hydrogen-bond donors (Lipinski definition) is 2. The van der Waals surface area contributed by atoms with E-state index in [0.717, 1.165) is 22.3 Å². The number of nitrogens with one attached hydrogen (secondary N) is 1. The predicted molar refractivity (Wildman–Crippen MR) is 149 cm³/mol. The van der Waals surface area contributed by atoms with E-state index in [9.17, 15) is 19.5 Å². The number of rotatable bonds is 8. The number of aromatic nitrogens is 2. The van der Waals surface area contributed by atoms with E-state index in [2.05, 4.69) is 10.4 Å². The van der Waals surface area contributed by atoms with Gasteiger partial charge in [-0.1, -0.05) is 66.7 Å². The molecule has 206 valence electrons. The van der Waals surface area contributed by atoms with Gasteiger partial charge in [0.2, 0.25) is 0 Å². The van der Waals surface area contributed by atoms with Crippen LogP contribution >= 0.6 is 0 Å². The number of hydrogen-bond acceptors (Lipinski definition) is 6. The molecule has 9 nitrogen and oxygen atoms in total. The Morgan fingerprint density at radius 2 is 1.55 bits per heavy atom. The third kappa shape index (κ3) is 5.68. The molecule has 0 unspecified atom stereocenters. The van der Waals surface area contributed by atoms with E-state index in [0.29, 0.717) is 16.6 Å². The number of para-hydroxylation sites is 1. The molecule has 0 bridgehead atoms. The van der Waals surface area contributed by atoms with Gasteiger partial charge in [0.15, 0.2) is 0 Å². The van der Waals surface area contributed by atoms with Gasteiger partial charge in [-0.15, -0.1) is 0 Å². The first-order valence-electron chi connectivity index (χ1n) is 13.1. The van der Waals surface area contributed by atoms with Crippen LogP contribution < -0.4 is 5.32 Å². The standard InChI is InChI=1S/C31H31N3O6/c1-31(2,3)40-28(35)17-34-27-15-9-8-14-23(27)25(33-34)16-26(29(36)37)32-30(38)39-18-24-21-12-6-4-10-19(21)20-11-5-7-13-22(20)24/h4-15,24,26H,16-18H2,1-3H3,(H,32,38)(H,36,37)/t26-/m0/s1. The second-order valence-corrected chi connectivity index (χ2v) is 10.8. The monoisotopic (exact) mass is 541 g/mol. The quantitative estimate of drug-likeness (QED) is 0.304. The Balaban J connectivity index is 1.29. The molecule has 1 amide bonds. The molecule has 5 rings (SSSR count). The summed E-state index contributed by atoms with van der Waals surface area (Å²) in [4.78, 5) is 37.4. The number of nitrogens with zero attached hydrogens (tertiary/aromatic N) is 2. The van der Waals surface area contributed by atoms with Gasteiger partial charge in [0.25, 0.3) is 0 Å². The van der Waals surface area contributed by atoms with Crippen LogP contribution in [0.2, 0.25) is 0 Å². The first kappa shape index (κ1) is 26.9. The summed E-state index contributed by atoms with van der Waals surface area (Å²) >= 11 is 0. The number of alkyl carbamates (subject to hydrolysis) is 1. The second-order valence-electron chi connectivity index (χ2n) is 10.8. The molecule has 0 saturated carbocycles. The molecular weight excluding hydrogens is 510 g/mol. The zero-order valence-electron chi connectivity index (χ0n) is 22.6. The Labute approximate surface area is 231 Å². The topological polar surface area (TPSA) is 120 Å². The Morgan fingerprint density at radius 1 is 0.950 bits per heavy atom. The predicted octanol–water partition coefficient (Wildman–Crippen LogP) is 4.91. The van der Waals surface area contributed by atoms with E-state index < -0.39 is 29.7 Å². The molecule has 40 heavy (non-hydrogen) atoms. The lowest BCUT2D eigenvalue weighted by atomic mass is 9.98. The average Bonchev–Trinajstić information content (AvgIpc) is 3.41. The van der Waals surface area contributed by atoms with E-state index in [1.807, 2.05) is 54.6 Å². The van der Waals surface area contributed by atoms with Gasteiger partial charge >= 0.3 is 18.0 Å². The Hall–Kier alpha value is -4.66. The zero-order chi connectivity index (χ0) is 28.4. The Bertz CT molecular complexity index is 1540. The highest BCUT2D eigenvalue weighted by molar-refractivity contribution is 5.86. The van der Waals surface area contributed by atoms with Crippen molar-refractivity contribution >= 4 is 28.9 Å². The normalized spacial score (nSPS) is 13.4. The molecule has 1 atom stereocenters. The third-order valence-corrected chi connectivity index (χ3v) is 6.76. The van der Waals surface area contributed by atoms with Gasteiger partial charge in [-0.2, -0.15) is 5.10 Å². The highest BCUT2D eigenvalue weighted by Gasteiger charge is 2.30. The number of benzene rings is 3. The van der Waals surface area contributed by atoms with Crippen molar-refractivity contribution in [3.8, 4) is 11.1 Å². The molecule has 4 aromatic rings. The number of amides is 1. The third-order valence-electron chi connectivity index (χ3n) is 6.76. The van der Waals surface area contributed by atoms with Crippen LogP contribution in [0.3, 0.4) is 0 Å². The van der Waals surface area contributed by atoms with Gasteiger partial charge in [-0.25, -0.2) is 9.59 Å². The summed E-state index contributed by atoms with van der Waals surface area (Å²) in [5.74, 6) is -1.83. The molecule has 1 heterocycles. The summed E-state index contributed by atoms with van der Waals surface area (Å²) in [6, 6.07) is 21.9. The lowest BCUT2D eigenvalue weighted by Crippen LogP contribution is -2.43. The SMILES string of the molecule is CC(C)(C)OC(=O)Cn1nc(C[C@H](NC(=O)OCC2c3ccccc3-c3ccccc32)C(=O)O)c2ccccc21. The fraction of sp³-hybridized carbons (Fsp3) is 0.290. The molecule has 2 N–H and O–H groups in total. The van der Waals surface area contributed by atoms with Crippen LogP contribution in [-0.2, 0) is 32.0 Å². The van der Waals surface area contributed by atoms with Gasteiger partial charge in [-0.05, 0) is 49.1 Å². The van der Waals surface area contributed by atoms with Crippen LogP contribution in [0.15, 0.2) is 72.8 Å². The molecule has 1 aliphatic rings. The van der Waals surface area contributed by atoms with E-state index in [1.54, 1.807) is 39.0 Å². The summed E-state index contributed by atoms with van der Waals surface area (Å²) in [5.41, 5.74) is 4.78. The number of esters is 1. The van der Waals surface area contributed by atoms with Crippen LogP contribution in [0.1, 0.15) is 43.5 Å². The lowest BCUT2D eigenvalue weighted by molar-refractivity contribution is -0.155. The summed E-state index contributed by atoms with van der Waals surface area (Å²) in [5, 5.41) is 17.6. The van der Waals surface area contributed by atoms with Gasteiger partial charge in [-0.3, -0.25) is 9.48 Å². The maximum atomic E-state index is 12.8. The van der Waals surface area contributed by atoms with Crippen molar-refractivity contribution in [2.75, 3.05) is 6.61 Å². The lowest BCUT2D eigenvalue weighted by Gasteiger charge is -2.19. The highest BCUT2D eigenvalue weighted by atomic mass is 16.6. The Morgan fingerprint density at radius 3 is 2.17 bits per heavy atom. The number of carbonyl (C=O) groups is 3. The molecule has 0 aliphatic heterocycles. The minimum atomic E-state index is -1.29. The van der Waals surface area contributed by atoms with Gasteiger partial charge in [0, 0.05) is 17.7 Å². The van der Waals surface area contributed by atoms with Crippen molar-refractivity contribution in [3.05, 3.63) is 89.6 Å². The van der Waals surface area contributed by atoms with Crippen LogP contribution in [0, 0.1) is 0 Å². The van der Waals surface area contributed by atoms with Crippen molar-refractivity contribution in [2.24, 2.45) is 0 Å². The van der Waals surface area contributed by atoms with Crippen molar-refractivity contribution < 1.29 is 29.0 Å². The number of carbonyl (C=O) groups excluding carboxylic acids is 2. The minimum absolute atomic E-state index is 0.0691. The van der Waals surface area contributed by atoms with Crippen molar-refractivity contribution in [1.29, 1.82) is 0 Å². The van der Waals surface area contributed by atoms with Gasteiger partial charge < -0.3 is 19.9 Å². The maximum Gasteiger partial charge on any atom is 0.407 e. The van der Waals surface area contributed by atoms with Crippen LogP contribution in [0.25, 0.3) is 22.0 Å². The van der Waals surface area contributed by atoms with Crippen LogP contribution in [-0.4, -0.2) is 51.2 Å². The highest BCUT2D eigenvalue weighted by Crippen LogP contribution is 2.44. The number of aliphatic carboxylic acids is 1. The van der Waals surface area contributed by atoms with Gasteiger partial charge in [0.1, 0.15) is 24.8 Å². The number of fused-ring (bicyclic) bond motifs is 4. The van der Waals surface area contributed by atoms with E-state index in [-0.39, 0.29) is 25.5 Å². The summed E-state index contributed by atoms with van der Waals surface area (Å²) in [7, 11) is 0. The smallest absolute Gasteiger partial charge is 0.407 e. The van der Waals surface area contributed by atoms with E-state index in [4.69, 9.17) is 9.47 Å². The fourth-order valence-electron chi connectivity index (χ4n) is 5.14. The van der Waals surface area contributed by atoms with Crippen molar-refractivity contribution in [1.82, 2.24) is 15.1 Å². The maximum absolute atomic E-state index is 12.8. The molecule has 0 spiro atoms. The summed E-state index contributed by atoms with van der Waals surface area (Å²) in [6.07, 6.45) is -0.923. The molecular formula is C31H31N3O6. The molecule has 3 aromatic carbocycles. The second kappa shape index (κ2) is 10.8. The summed E-state index contributed by atoms with van der Waals surface area (Å²) in [6.45, 7) is 5.28. The number of carboxylic acid groups (broad SMARTS) is 1. The van der Waals surface area contributed by atoms with Crippen molar-refractivity contribution in [3.63, 3.8) is 0 Å². The first-order valence-corrected chi connectivity index (χ1v) is 13.1. The fourth-order valence-corrected chi connectivity index (χ4v) is 5.14.